The van der Waals surface area contributed by atoms with Crippen molar-refractivity contribution in [1.29, 1.82) is 0 Å². The van der Waals surface area contributed by atoms with Crippen LogP contribution in [0, 0.1) is 0 Å². The van der Waals surface area contributed by atoms with Gasteiger partial charge in [0.15, 0.2) is 11.5 Å². The molecule has 154 valence electrons. The van der Waals surface area contributed by atoms with Crippen LogP contribution in [-0.4, -0.2) is 61.8 Å². The summed E-state index contributed by atoms with van der Waals surface area (Å²) >= 11 is 6.11. The van der Waals surface area contributed by atoms with E-state index in [0.717, 1.165) is 54.0 Å². The highest BCUT2D eigenvalue weighted by atomic mass is 35.5. The molecular weight excluding hydrogens is 390 g/mol. The van der Waals surface area contributed by atoms with Crippen molar-refractivity contribution in [2.75, 3.05) is 51.0 Å². The number of hydrogen-bond donors (Lipinski definition) is 0. The van der Waals surface area contributed by atoms with Crippen molar-refractivity contribution in [3.05, 3.63) is 53.1 Å². The Hall–Kier alpha value is -2.44. The van der Waals surface area contributed by atoms with E-state index in [0.29, 0.717) is 19.6 Å². The zero-order valence-corrected chi connectivity index (χ0v) is 17.4. The largest absolute Gasteiger partial charge is 0.454 e. The minimum Gasteiger partial charge on any atom is -0.454 e. The molecule has 7 heteroatoms. The van der Waals surface area contributed by atoms with Crippen LogP contribution in [0.4, 0.5) is 5.69 Å². The maximum atomic E-state index is 12.9. The average molecular weight is 416 g/mol. The number of carbonyl (C=O) groups is 1. The third-order valence-electron chi connectivity index (χ3n) is 5.45. The van der Waals surface area contributed by atoms with Gasteiger partial charge < -0.3 is 19.3 Å². The smallest absolute Gasteiger partial charge is 0.237 e. The first kappa shape index (κ1) is 19.9. The molecule has 2 aromatic carbocycles. The van der Waals surface area contributed by atoms with Gasteiger partial charge in [-0.3, -0.25) is 9.69 Å². The van der Waals surface area contributed by atoms with Crippen molar-refractivity contribution in [3.8, 4) is 11.5 Å². The fraction of sp³-hybridized carbons (Fsp3) is 0.409. The lowest BCUT2D eigenvalue weighted by Crippen LogP contribution is -2.50. The maximum Gasteiger partial charge on any atom is 0.237 e. The Morgan fingerprint density at radius 1 is 1.07 bits per heavy atom. The Balaban J connectivity index is 1.30. The van der Waals surface area contributed by atoms with Gasteiger partial charge >= 0.3 is 0 Å². The van der Waals surface area contributed by atoms with Crippen molar-refractivity contribution in [3.63, 3.8) is 0 Å². The van der Waals surface area contributed by atoms with E-state index in [9.17, 15) is 4.79 Å². The van der Waals surface area contributed by atoms with Crippen molar-refractivity contribution in [2.45, 2.75) is 13.5 Å². The lowest BCUT2D eigenvalue weighted by atomic mass is 10.2. The van der Waals surface area contributed by atoms with Crippen LogP contribution in [0.5, 0.6) is 11.5 Å². The van der Waals surface area contributed by atoms with Gasteiger partial charge in [0.1, 0.15) is 0 Å². The highest BCUT2D eigenvalue weighted by molar-refractivity contribution is 6.30. The number of halogens is 1. The Morgan fingerprint density at radius 2 is 1.86 bits per heavy atom. The zero-order valence-electron chi connectivity index (χ0n) is 16.6. The Morgan fingerprint density at radius 3 is 2.62 bits per heavy atom. The van der Waals surface area contributed by atoms with E-state index >= 15 is 0 Å². The van der Waals surface area contributed by atoms with E-state index in [-0.39, 0.29) is 12.7 Å². The number of ether oxygens (including phenoxy) is 2. The molecule has 2 aliphatic rings. The molecule has 0 atom stereocenters. The van der Waals surface area contributed by atoms with E-state index in [2.05, 4.69) is 15.9 Å². The molecule has 4 rings (SSSR count). The highest BCUT2D eigenvalue weighted by Gasteiger charge is 2.22. The van der Waals surface area contributed by atoms with Crippen molar-refractivity contribution >= 4 is 23.2 Å². The highest BCUT2D eigenvalue weighted by Crippen LogP contribution is 2.32. The fourth-order valence-electron chi connectivity index (χ4n) is 3.76. The molecule has 2 aliphatic heterocycles. The number of benzene rings is 2. The monoisotopic (exact) mass is 415 g/mol. The van der Waals surface area contributed by atoms with Crippen molar-refractivity contribution in [2.24, 2.45) is 0 Å². The number of hydrogen-bond acceptors (Lipinski definition) is 5. The number of likely N-dealkylation sites (N-methyl/N-ethyl adjacent to an activating group) is 1. The van der Waals surface area contributed by atoms with E-state index in [1.807, 2.05) is 48.2 Å². The molecule has 0 radical (unpaired) electrons. The first-order valence-electron chi connectivity index (χ1n) is 10.0. The van der Waals surface area contributed by atoms with E-state index in [1.54, 1.807) is 0 Å². The average Bonchev–Trinajstić information content (AvgIpc) is 3.20. The quantitative estimate of drug-likeness (QED) is 0.724. The zero-order chi connectivity index (χ0) is 20.2. The lowest BCUT2D eigenvalue weighted by Gasteiger charge is -2.36. The predicted octanol–water partition coefficient (Wildman–Crippen LogP) is 3.24. The van der Waals surface area contributed by atoms with Crippen LogP contribution in [-0.2, 0) is 11.3 Å². The number of anilines is 1. The molecule has 0 bridgehead atoms. The number of piperazine rings is 1. The fourth-order valence-corrected chi connectivity index (χ4v) is 3.95. The molecule has 6 nitrogen and oxygen atoms in total. The SMILES string of the molecule is CCN(Cc1ccc2c(c1)OCO2)C(=O)CN1CCN(c2cccc(Cl)c2)CC1. The third-order valence-corrected chi connectivity index (χ3v) is 5.68. The molecule has 0 saturated carbocycles. The van der Waals surface area contributed by atoms with Crippen molar-refractivity contribution < 1.29 is 14.3 Å². The first-order valence-corrected chi connectivity index (χ1v) is 10.4. The van der Waals surface area contributed by atoms with Crippen LogP contribution < -0.4 is 14.4 Å². The summed E-state index contributed by atoms with van der Waals surface area (Å²) in [6, 6.07) is 13.8. The molecule has 2 aromatic rings. The van der Waals surface area contributed by atoms with Gasteiger partial charge in [0, 0.05) is 50.0 Å². The summed E-state index contributed by atoms with van der Waals surface area (Å²) in [6.07, 6.45) is 0. The number of rotatable bonds is 6. The van der Waals surface area contributed by atoms with E-state index < -0.39 is 0 Å². The van der Waals surface area contributed by atoms with Crippen LogP contribution >= 0.6 is 11.6 Å². The molecule has 0 unspecified atom stereocenters. The van der Waals surface area contributed by atoms with Gasteiger partial charge in [-0.2, -0.15) is 0 Å². The van der Waals surface area contributed by atoms with Crippen LogP contribution in [0.2, 0.25) is 5.02 Å². The summed E-state index contributed by atoms with van der Waals surface area (Å²) in [4.78, 5) is 19.3. The van der Waals surface area contributed by atoms with Gasteiger partial charge in [0.05, 0.1) is 6.54 Å². The second-order valence-electron chi connectivity index (χ2n) is 7.34. The summed E-state index contributed by atoms with van der Waals surface area (Å²) < 4.78 is 10.8. The minimum atomic E-state index is 0.154. The Bertz CT molecular complexity index is 868. The third kappa shape index (κ3) is 4.77. The van der Waals surface area contributed by atoms with E-state index in [1.165, 1.54) is 0 Å². The standard InChI is InChI=1S/C22H26ClN3O3/c1-2-25(14-17-6-7-20-21(12-17)29-16-28-20)22(27)15-24-8-10-26(11-9-24)19-5-3-4-18(23)13-19/h3-7,12-13H,2,8-11,14-16H2,1H3. The van der Waals surface area contributed by atoms with Crippen LogP contribution in [0.15, 0.2) is 42.5 Å². The molecule has 0 spiro atoms. The van der Waals surface area contributed by atoms with Gasteiger partial charge in [0.25, 0.3) is 0 Å². The molecule has 0 aliphatic carbocycles. The molecule has 1 fully saturated rings. The number of carbonyl (C=O) groups excluding carboxylic acids is 1. The van der Waals surface area contributed by atoms with Crippen molar-refractivity contribution in [1.82, 2.24) is 9.80 Å². The molecule has 1 amide bonds. The normalized spacial score (nSPS) is 16.1. The first-order chi connectivity index (χ1) is 14.1. The summed E-state index contributed by atoms with van der Waals surface area (Å²) in [5, 5.41) is 0.752. The van der Waals surface area contributed by atoms with Gasteiger partial charge in [-0.25, -0.2) is 0 Å². The summed E-state index contributed by atoms with van der Waals surface area (Å²) in [5.41, 5.74) is 2.19. The Labute approximate surface area is 176 Å². The lowest BCUT2D eigenvalue weighted by molar-refractivity contribution is -0.132. The van der Waals surface area contributed by atoms with Gasteiger partial charge in [-0.05, 0) is 42.8 Å². The summed E-state index contributed by atoms with van der Waals surface area (Å²) in [6.45, 7) is 7.48. The topological polar surface area (TPSA) is 45.3 Å². The molecular formula is C22H26ClN3O3. The molecule has 0 N–H and O–H groups in total. The second-order valence-corrected chi connectivity index (χ2v) is 7.78. The van der Waals surface area contributed by atoms with E-state index in [4.69, 9.17) is 21.1 Å². The molecule has 2 heterocycles. The van der Waals surface area contributed by atoms with Gasteiger partial charge in [-0.15, -0.1) is 0 Å². The Kier molecular flexibility index (Phi) is 6.11. The summed E-state index contributed by atoms with van der Waals surface area (Å²) in [5.74, 6) is 1.67. The van der Waals surface area contributed by atoms with Crippen LogP contribution in [0.25, 0.3) is 0 Å². The van der Waals surface area contributed by atoms with Gasteiger partial charge in [0.2, 0.25) is 12.7 Å². The number of nitrogens with zero attached hydrogens (tertiary/aromatic N) is 3. The predicted molar refractivity (Wildman–Crippen MR) is 114 cm³/mol. The maximum absolute atomic E-state index is 12.9. The van der Waals surface area contributed by atoms with Crippen LogP contribution in [0.3, 0.4) is 0 Å². The number of fused-ring (bicyclic) bond motifs is 1. The number of amides is 1. The van der Waals surface area contributed by atoms with Crippen LogP contribution in [0.1, 0.15) is 12.5 Å². The second kappa shape index (κ2) is 8.93. The molecule has 29 heavy (non-hydrogen) atoms. The molecule has 0 aromatic heterocycles. The molecule has 1 saturated heterocycles. The van der Waals surface area contributed by atoms with Gasteiger partial charge in [-0.1, -0.05) is 23.7 Å². The summed E-state index contributed by atoms with van der Waals surface area (Å²) in [7, 11) is 0. The minimum absolute atomic E-state index is 0.154.